The summed E-state index contributed by atoms with van der Waals surface area (Å²) in [6.45, 7) is 0.0337. The fraction of sp³-hybridized carbons (Fsp3) is 0.207. The molecular weight excluding hydrogens is 506 g/mol. The smallest absolute Gasteiger partial charge is 0.335 e. The third-order valence-electron chi connectivity index (χ3n) is 6.02. The number of hydrogen-bond donors (Lipinski definition) is 3. The van der Waals surface area contributed by atoms with Crippen molar-refractivity contribution in [3.63, 3.8) is 0 Å². The van der Waals surface area contributed by atoms with Crippen LogP contribution in [0.4, 0.5) is 0 Å². The summed E-state index contributed by atoms with van der Waals surface area (Å²) in [7, 11) is 1.51. The molecule has 196 valence electrons. The maximum Gasteiger partial charge on any atom is 0.335 e. The van der Waals surface area contributed by atoms with E-state index in [4.69, 9.17) is 16.3 Å². The predicted octanol–water partition coefficient (Wildman–Crippen LogP) is 4.28. The van der Waals surface area contributed by atoms with E-state index in [2.05, 4.69) is 10.4 Å². The normalized spacial score (nSPS) is 12.5. The number of aliphatic hydroxyl groups is 1. The van der Waals surface area contributed by atoms with Gasteiger partial charge in [-0.2, -0.15) is 5.10 Å². The first-order valence-corrected chi connectivity index (χ1v) is 12.4. The molecule has 1 heterocycles. The molecule has 0 radical (unpaired) electrons. The number of carbonyl (C=O) groups is 2. The van der Waals surface area contributed by atoms with E-state index in [0.717, 1.165) is 22.3 Å². The molecule has 0 aliphatic heterocycles. The number of esters is 1. The minimum absolute atomic E-state index is 0.0208. The van der Waals surface area contributed by atoms with Crippen LogP contribution >= 0.6 is 11.6 Å². The van der Waals surface area contributed by atoms with E-state index in [1.807, 2.05) is 78.9 Å². The van der Waals surface area contributed by atoms with E-state index in [1.54, 1.807) is 0 Å². The van der Waals surface area contributed by atoms with Gasteiger partial charge in [0.05, 0.1) is 0 Å². The Bertz CT molecular complexity index is 1370. The van der Waals surface area contributed by atoms with Gasteiger partial charge in [-0.05, 0) is 40.8 Å². The fourth-order valence-electron chi connectivity index (χ4n) is 4.00. The van der Waals surface area contributed by atoms with Crippen molar-refractivity contribution in [2.75, 3.05) is 0 Å². The molecule has 0 bridgehead atoms. The lowest BCUT2D eigenvalue weighted by Gasteiger charge is -2.21. The highest BCUT2D eigenvalue weighted by molar-refractivity contribution is 6.30. The molecule has 8 nitrogen and oxygen atoms in total. The molecule has 0 saturated carbocycles. The monoisotopic (exact) mass is 533 g/mol. The van der Waals surface area contributed by atoms with Gasteiger partial charge in [0.2, 0.25) is 5.88 Å². The van der Waals surface area contributed by atoms with Crippen molar-refractivity contribution >= 4 is 23.5 Å². The van der Waals surface area contributed by atoms with Crippen LogP contribution in [0.25, 0.3) is 11.1 Å². The molecular formula is C29H28ClN3O5. The second-order valence-corrected chi connectivity index (χ2v) is 9.37. The Morgan fingerprint density at radius 3 is 2.37 bits per heavy atom. The number of aromatic hydroxyl groups is 1. The summed E-state index contributed by atoms with van der Waals surface area (Å²) in [5, 5.41) is 27.8. The van der Waals surface area contributed by atoms with E-state index < -0.39 is 24.0 Å². The Hall–Kier alpha value is -4.14. The van der Waals surface area contributed by atoms with Crippen molar-refractivity contribution < 1.29 is 24.5 Å². The summed E-state index contributed by atoms with van der Waals surface area (Å²) in [5.74, 6) is -1.47. The van der Waals surface area contributed by atoms with Crippen LogP contribution in [-0.2, 0) is 29.6 Å². The number of ether oxygens (including phenoxy) is 1. The van der Waals surface area contributed by atoms with Crippen molar-refractivity contribution in [2.45, 2.75) is 31.6 Å². The molecule has 1 aromatic heterocycles. The Labute approximate surface area is 225 Å². The topological polar surface area (TPSA) is 114 Å². The van der Waals surface area contributed by atoms with Crippen molar-refractivity contribution in [1.82, 2.24) is 15.1 Å². The van der Waals surface area contributed by atoms with Gasteiger partial charge in [-0.1, -0.05) is 78.3 Å². The highest BCUT2D eigenvalue weighted by Gasteiger charge is 2.25. The fourth-order valence-corrected chi connectivity index (χ4v) is 4.19. The largest absolute Gasteiger partial charge is 0.493 e. The number of aliphatic hydroxyl groups excluding tert-OH is 1. The van der Waals surface area contributed by atoms with Crippen LogP contribution in [0.3, 0.4) is 0 Å². The van der Waals surface area contributed by atoms with Gasteiger partial charge in [0.1, 0.15) is 6.61 Å². The molecule has 0 unspecified atom stereocenters. The summed E-state index contributed by atoms with van der Waals surface area (Å²) in [5.41, 5.74) is 3.65. The van der Waals surface area contributed by atoms with Crippen LogP contribution in [0.5, 0.6) is 5.88 Å². The van der Waals surface area contributed by atoms with Gasteiger partial charge < -0.3 is 20.3 Å². The average molecular weight is 534 g/mol. The quantitative estimate of drug-likeness (QED) is 0.262. The van der Waals surface area contributed by atoms with Crippen LogP contribution in [0, 0.1) is 0 Å². The zero-order valence-electron chi connectivity index (χ0n) is 20.8. The molecule has 0 aliphatic rings. The third-order valence-corrected chi connectivity index (χ3v) is 6.26. The SMILES string of the molecule is Cn1nc(C(=O)N[C@H](Cc2ccc(-c3cccc(Cl)c3)cc2)C[C@@H](O)C(=O)OCc2ccccc2)cc1O. The molecule has 0 aliphatic carbocycles. The molecule has 4 aromatic rings. The van der Waals surface area contributed by atoms with Crippen molar-refractivity contribution in [1.29, 1.82) is 0 Å². The first kappa shape index (κ1) is 26.9. The standard InChI is InChI=1S/C29H28ClN3O5/c1-33-27(35)17-25(32-33)28(36)31-24(16-26(34)29(37)38-18-20-6-3-2-4-7-20)14-19-10-12-21(13-11-19)22-8-5-9-23(30)15-22/h2-13,15,17,24,26,34-35H,14,16,18H2,1H3,(H,31,36)/t24-,26-/m1/s1. The Balaban J connectivity index is 1.46. The maximum atomic E-state index is 12.8. The van der Waals surface area contributed by atoms with Crippen molar-refractivity contribution in [2.24, 2.45) is 7.05 Å². The van der Waals surface area contributed by atoms with Gasteiger partial charge in [0, 0.05) is 30.6 Å². The number of carbonyl (C=O) groups excluding carboxylic acids is 2. The number of aryl methyl sites for hydroxylation is 1. The number of benzene rings is 3. The molecule has 3 N–H and O–H groups in total. The second kappa shape index (κ2) is 12.4. The zero-order valence-corrected chi connectivity index (χ0v) is 21.5. The van der Waals surface area contributed by atoms with Gasteiger partial charge in [0.25, 0.3) is 5.91 Å². The number of hydrogen-bond acceptors (Lipinski definition) is 6. The van der Waals surface area contributed by atoms with Crippen molar-refractivity contribution in [3.8, 4) is 17.0 Å². The van der Waals surface area contributed by atoms with Crippen LogP contribution < -0.4 is 5.32 Å². The zero-order chi connectivity index (χ0) is 27.1. The lowest BCUT2D eigenvalue weighted by molar-refractivity contribution is -0.155. The summed E-state index contributed by atoms with van der Waals surface area (Å²) < 4.78 is 6.44. The van der Waals surface area contributed by atoms with Crippen LogP contribution in [-0.4, -0.2) is 44.0 Å². The molecule has 38 heavy (non-hydrogen) atoms. The van der Waals surface area contributed by atoms with Gasteiger partial charge in [-0.3, -0.25) is 4.79 Å². The molecule has 2 atom stereocenters. The number of nitrogens with one attached hydrogen (secondary N) is 1. The minimum atomic E-state index is -1.45. The number of rotatable bonds is 10. The lowest BCUT2D eigenvalue weighted by Crippen LogP contribution is -2.41. The minimum Gasteiger partial charge on any atom is -0.493 e. The molecule has 1 amide bonds. The number of nitrogens with zero attached hydrogens (tertiary/aromatic N) is 2. The van der Waals surface area contributed by atoms with E-state index >= 15 is 0 Å². The van der Waals surface area contributed by atoms with Gasteiger partial charge >= 0.3 is 5.97 Å². The van der Waals surface area contributed by atoms with Gasteiger partial charge in [0.15, 0.2) is 11.8 Å². The summed E-state index contributed by atoms with van der Waals surface area (Å²) >= 11 is 6.11. The third kappa shape index (κ3) is 7.21. The Morgan fingerprint density at radius 1 is 0.974 bits per heavy atom. The maximum absolute atomic E-state index is 12.8. The van der Waals surface area contributed by atoms with E-state index in [-0.39, 0.29) is 24.6 Å². The summed E-state index contributed by atoms with van der Waals surface area (Å²) in [6.07, 6.45) is -1.19. The molecule has 0 fully saturated rings. The predicted molar refractivity (Wildman–Crippen MR) is 144 cm³/mol. The molecule has 0 saturated heterocycles. The first-order chi connectivity index (χ1) is 18.3. The molecule has 4 rings (SSSR count). The van der Waals surface area contributed by atoms with Gasteiger partial charge in [-0.25, -0.2) is 9.48 Å². The first-order valence-electron chi connectivity index (χ1n) is 12.1. The number of amides is 1. The molecule has 9 heteroatoms. The van der Waals surface area contributed by atoms with E-state index in [9.17, 15) is 19.8 Å². The van der Waals surface area contributed by atoms with Crippen LogP contribution in [0.2, 0.25) is 5.02 Å². The van der Waals surface area contributed by atoms with Gasteiger partial charge in [-0.15, -0.1) is 0 Å². The highest BCUT2D eigenvalue weighted by atomic mass is 35.5. The second-order valence-electron chi connectivity index (χ2n) is 8.94. The van der Waals surface area contributed by atoms with Crippen molar-refractivity contribution in [3.05, 3.63) is 107 Å². The Kier molecular flexibility index (Phi) is 8.78. The molecule has 0 spiro atoms. The summed E-state index contributed by atoms with van der Waals surface area (Å²) in [4.78, 5) is 25.3. The summed E-state index contributed by atoms with van der Waals surface area (Å²) in [6, 6.07) is 25.0. The number of halogens is 1. The number of aromatic nitrogens is 2. The Morgan fingerprint density at radius 2 is 1.71 bits per heavy atom. The molecule has 3 aromatic carbocycles. The van der Waals surface area contributed by atoms with Crippen LogP contribution in [0.1, 0.15) is 28.0 Å². The van der Waals surface area contributed by atoms with E-state index in [1.165, 1.54) is 17.8 Å². The average Bonchev–Trinajstić information content (AvgIpc) is 3.26. The highest BCUT2D eigenvalue weighted by Crippen LogP contribution is 2.24. The lowest BCUT2D eigenvalue weighted by atomic mass is 9.97. The van der Waals surface area contributed by atoms with Crippen LogP contribution in [0.15, 0.2) is 84.9 Å². The van der Waals surface area contributed by atoms with E-state index in [0.29, 0.717) is 11.4 Å².